The first-order valence-corrected chi connectivity index (χ1v) is 8.89. The number of carbonyl (C=O) groups is 2. The lowest BCUT2D eigenvalue weighted by molar-refractivity contribution is -0.133. The van der Waals surface area contributed by atoms with Crippen LogP contribution in [-0.2, 0) is 11.4 Å². The molecule has 1 saturated heterocycles. The van der Waals surface area contributed by atoms with Gasteiger partial charge in [-0.15, -0.1) is 0 Å². The van der Waals surface area contributed by atoms with Gasteiger partial charge < -0.3 is 14.5 Å². The van der Waals surface area contributed by atoms with Crippen LogP contribution in [0.2, 0.25) is 10.0 Å². The van der Waals surface area contributed by atoms with Crippen LogP contribution in [-0.4, -0.2) is 48.3 Å². The number of likely N-dealkylation sites (N-methyl/N-ethyl adjacent to an activating group) is 1. The molecule has 0 aromatic heterocycles. The van der Waals surface area contributed by atoms with Crippen molar-refractivity contribution < 1.29 is 14.3 Å². The molecule has 0 atom stereocenters. The van der Waals surface area contributed by atoms with Crippen molar-refractivity contribution in [3.05, 3.63) is 63.6 Å². The first kappa shape index (κ1) is 18.5. The third kappa shape index (κ3) is 4.29. The monoisotopic (exact) mass is 392 g/mol. The van der Waals surface area contributed by atoms with Crippen LogP contribution in [0.15, 0.2) is 42.5 Å². The summed E-state index contributed by atoms with van der Waals surface area (Å²) < 4.78 is 5.71. The molecule has 5 nitrogen and oxygen atoms in total. The van der Waals surface area contributed by atoms with Crippen LogP contribution in [0.4, 0.5) is 0 Å². The van der Waals surface area contributed by atoms with Gasteiger partial charge in [0.1, 0.15) is 18.9 Å². The fraction of sp³-hybridized carbons (Fsp3) is 0.263. The highest BCUT2D eigenvalue weighted by molar-refractivity contribution is 6.32. The number of benzene rings is 2. The first-order valence-electron chi connectivity index (χ1n) is 8.14. The summed E-state index contributed by atoms with van der Waals surface area (Å²) in [5.74, 6) is 0.199. The van der Waals surface area contributed by atoms with Crippen molar-refractivity contribution in [1.29, 1.82) is 0 Å². The van der Waals surface area contributed by atoms with Gasteiger partial charge in [-0.1, -0.05) is 35.3 Å². The molecule has 0 N–H and O–H groups in total. The second kappa shape index (κ2) is 7.98. The minimum atomic E-state index is -0.213. The van der Waals surface area contributed by atoms with E-state index in [0.29, 0.717) is 41.1 Å². The van der Waals surface area contributed by atoms with Crippen LogP contribution in [0.5, 0.6) is 5.75 Å². The molecule has 2 aromatic carbocycles. The fourth-order valence-electron chi connectivity index (χ4n) is 2.65. The van der Waals surface area contributed by atoms with Crippen LogP contribution in [0.25, 0.3) is 0 Å². The fourth-order valence-corrected chi connectivity index (χ4v) is 3.10. The SMILES string of the molecule is CN1CCN(C(=O)c2ccc(OCc3cccc(Cl)c3)c(Cl)c2)CC1=O. The average molecular weight is 393 g/mol. The molecule has 26 heavy (non-hydrogen) atoms. The number of ether oxygens (including phenoxy) is 1. The topological polar surface area (TPSA) is 49.9 Å². The molecule has 1 heterocycles. The number of piperazine rings is 1. The van der Waals surface area contributed by atoms with Crippen molar-refractivity contribution in [3.63, 3.8) is 0 Å². The van der Waals surface area contributed by atoms with Gasteiger partial charge in [-0.2, -0.15) is 0 Å². The number of amides is 2. The summed E-state index contributed by atoms with van der Waals surface area (Å²) in [6.07, 6.45) is 0. The number of hydrogen-bond acceptors (Lipinski definition) is 3. The van der Waals surface area contributed by atoms with Crippen LogP contribution in [0, 0.1) is 0 Å². The van der Waals surface area contributed by atoms with Gasteiger partial charge in [0.25, 0.3) is 5.91 Å². The second-order valence-electron chi connectivity index (χ2n) is 6.11. The van der Waals surface area contributed by atoms with E-state index in [1.807, 2.05) is 18.2 Å². The van der Waals surface area contributed by atoms with Crippen molar-refractivity contribution in [2.24, 2.45) is 0 Å². The molecule has 1 aliphatic heterocycles. The maximum absolute atomic E-state index is 12.6. The predicted molar refractivity (Wildman–Crippen MR) is 101 cm³/mol. The maximum Gasteiger partial charge on any atom is 0.254 e. The Bertz CT molecular complexity index is 841. The molecule has 2 aromatic rings. The van der Waals surface area contributed by atoms with Gasteiger partial charge in [-0.3, -0.25) is 9.59 Å². The highest BCUT2D eigenvalue weighted by Gasteiger charge is 2.26. The highest BCUT2D eigenvalue weighted by atomic mass is 35.5. The quantitative estimate of drug-likeness (QED) is 0.799. The summed E-state index contributed by atoms with van der Waals surface area (Å²) in [4.78, 5) is 27.5. The number of hydrogen-bond donors (Lipinski definition) is 0. The Kier molecular flexibility index (Phi) is 5.69. The maximum atomic E-state index is 12.6. The van der Waals surface area contributed by atoms with Gasteiger partial charge in [-0.25, -0.2) is 0 Å². The van der Waals surface area contributed by atoms with Crippen molar-refractivity contribution in [2.75, 3.05) is 26.7 Å². The lowest BCUT2D eigenvalue weighted by atomic mass is 10.1. The Labute approximate surface area is 162 Å². The predicted octanol–water partition coefficient (Wildman–Crippen LogP) is 3.49. The van der Waals surface area contributed by atoms with Gasteiger partial charge in [0.05, 0.1) is 5.02 Å². The molecular formula is C19H18Cl2N2O3. The van der Waals surface area contributed by atoms with Crippen molar-refractivity contribution in [1.82, 2.24) is 9.80 Å². The molecule has 0 unspecified atom stereocenters. The van der Waals surface area contributed by atoms with E-state index >= 15 is 0 Å². The smallest absolute Gasteiger partial charge is 0.254 e. The number of rotatable bonds is 4. The molecular weight excluding hydrogens is 375 g/mol. The Morgan fingerprint density at radius 2 is 1.96 bits per heavy atom. The van der Waals surface area contributed by atoms with Crippen LogP contribution in [0.1, 0.15) is 15.9 Å². The molecule has 136 valence electrons. The van der Waals surface area contributed by atoms with Gasteiger partial charge >= 0.3 is 0 Å². The Morgan fingerprint density at radius 3 is 2.65 bits per heavy atom. The Morgan fingerprint density at radius 1 is 1.15 bits per heavy atom. The molecule has 3 rings (SSSR count). The van der Waals surface area contributed by atoms with Crippen LogP contribution in [0.3, 0.4) is 0 Å². The molecule has 7 heteroatoms. The van der Waals surface area contributed by atoms with E-state index in [1.54, 1.807) is 36.2 Å². The van der Waals surface area contributed by atoms with Crippen molar-refractivity contribution >= 4 is 35.0 Å². The zero-order valence-electron chi connectivity index (χ0n) is 14.2. The Hall–Kier alpha value is -2.24. The third-order valence-corrected chi connectivity index (χ3v) is 4.74. The molecule has 1 fully saturated rings. The minimum Gasteiger partial charge on any atom is -0.487 e. The summed E-state index contributed by atoms with van der Waals surface area (Å²) in [6.45, 7) is 1.44. The molecule has 2 amide bonds. The van der Waals surface area contributed by atoms with Crippen molar-refractivity contribution in [2.45, 2.75) is 6.61 Å². The summed E-state index contributed by atoms with van der Waals surface area (Å²) in [5, 5.41) is 0.984. The lowest BCUT2D eigenvalue weighted by Gasteiger charge is -2.32. The number of halogens is 2. The molecule has 0 spiro atoms. The van der Waals surface area contributed by atoms with Crippen molar-refractivity contribution in [3.8, 4) is 5.75 Å². The van der Waals surface area contributed by atoms with E-state index in [1.165, 1.54) is 4.90 Å². The van der Waals surface area contributed by atoms with Gasteiger partial charge in [0.2, 0.25) is 5.91 Å². The molecule has 0 bridgehead atoms. The standard InChI is InChI=1S/C19H18Cl2N2O3/c1-22-7-8-23(11-18(22)24)19(25)14-5-6-17(16(21)10-14)26-12-13-3-2-4-15(20)9-13/h2-6,9-10H,7-8,11-12H2,1H3. The molecule has 0 saturated carbocycles. The zero-order chi connectivity index (χ0) is 18.7. The number of nitrogens with zero attached hydrogens (tertiary/aromatic N) is 2. The summed E-state index contributed by atoms with van der Waals surface area (Å²) >= 11 is 12.2. The lowest BCUT2D eigenvalue weighted by Crippen LogP contribution is -2.50. The van der Waals surface area contributed by atoms with Gasteiger partial charge in [-0.05, 0) is 35.9 Å². The molecule has 1 aliphatic rings. The van der Waals surface area contributed by atoms with E-state index in [2.05, 4.69) is 0 Å². The average Bonchev–Trinajstić information content (AvgIpc) is 2.62. The van der Waals surface area contributed by atoms with E-state index in [-0.39, 0.29) is 18.4 Å². The summed E-state index contributed by atoms with van der Waals surface area (Å²) in [5.41, 5.74) is 1.35. The van der Waals surface area contributed by atoms with Crippen LogP contribution < -0.4 is 4.74 Å². The normalized spacial score (nSPS) is 14.5. The Balaban J connectivity index is 1.67. The van der Waals surface area contributed by atoms with E-state index in [4.69, 9.17) is 27.9 Å². The van der Waals surface area contributed by atoms with Crippen LogP contribution >= 0.6 is 23.2 Å². The third-order valence-electron chi connectivity index (χ3n) is 4.21. The van der Waals surface area contributed by atoms with E-state index < -0.39 is 0 Å². The molecule has 0 radical (unpaired) electrons. The highest BCUT2D eigenvalue weighted by Crippen LogP contribution is 2.27. The molecule has 0 aliphatic carbocycles. The van der Waals surface area contributed by atoms with E-state index in [0.717, 1.165) is 5.56 Å². The zero-order valence-corrected chi connectivity index (χ0v) is 15.8. The first-order chi connectivity index (χ1) is 12.4. The van der Waals surface area contributed by atoms with Gasteiger partial charge in [0, 0.05) is 30.7 Å². The second-order valence-corrected chi connectivity index (χ2v) is 6.95. The largest absolute Gasteiger partial charge is 0.487 e. The minimum absolute atomic E-state index is 0.0721. The summed E-state index contributed by atoms with van der Waals surface area (Å²) in [7, 11) is 1.73. The van der Waals surface area contributed by atoms with Gasteiger partial charge in [0.15, 0.2) is 0 Å². The number of carbonyl (C=O) groups excluding carboxylic acids is 2. The summed E-state index contributed by atoms with van der Waals surface area (Å²) in [6, 6.07) is 12.3. The van der Waals surface area contributed by atoms with E-state index in [9.17, 15) is 9.59 Å².